The van der Waals surface area contributed by atoms with Crippen LogP contribution in [-0.2, 0) is 11.2 Å². The maximum atomic E-state index is 12.4. The van der Waals surface area contributed by atoms with E-state index in [0.29, 0.717) is 25.3 Å². The second-order valence-electron chi connectivity index (χ2n) is 7.14. The summed E-state index contributed by atoms with van der Waals surface area (Å²) >= 11 is 0. The van der Waals surface area contributed by atoms with Crippen molar-refractivity contribution in [3.63, 3.8) is 0 Å². The Morgan fingerprint density at radius 2 is 1.93 bits per heavy atom. The maximum Gasteiger partial charge on any atom is 0.220 e. The van der Waals surface area contributed by atoms with Gasteiger partial charge in [0, 0.05) is 36.3 Å². The van der Waals surface area contributed by atoms with Gasteiger partial charge in [0.25, 0.3) is 0 Å². The van der Waals surface area contributed by atoms with E-state index in [-0.39, 0.29) is 5.91 Å². The van der Waals surface area contributed by atoms with Gasteiger partial charge in [-0.1, -0.05) is 37.3 Å². The first-order valence-corrected chi connectivity index (χ1v) is 9.63. The predicted molar refractivity (Wildman–Crippen MR) is 108 cm³/mol. The van der Waals surface area contributed by atoms with Crippen molar-refractivity contribution in [3.05, 3.63) is 64.6 Å². The smallest absolute Gasteiger partial charge is 0.220 e. The number of aryl methyl sites for hydroxylation is 3. The number of fused-ring (bicyclic) bond motifs is 1. The molecular weight excluding hydrogens is 336 g/mol. The van der Waals surface area contributed by atoms with E-state index < -0.39 is 0 Å². The number of amides is 1. The van der Waals surface area contributed by atoms with Crippen LogP contribution in [0.2, 0.25) is 0 Å². The lowest BCUT2D eigenvalue weighted by Crippen LogP contribution is -2.28. The van der Waals surface area contributed by atoms with E-state index in [9.17, 15) is 4.79 Å². The van der Waals surface area contributed by atoms with Crippen LogP contribution in [0.4, 0.5) is 0 Å². The van der Waals surface area contributed by atoms with Crippen molar-refractivity contribution in [2.75, 3.05) is 6.54 Å². The van der Waals surface area contributed by atoms with E-state index in [4.69, 9.17) is 0 Å². The molecule has 1 amide bonds. The number of rotatable bonds is 7. The first-order valence-electron chi connectivity index (χ1n) is 9.63. The number of carbonyl (C=O) groups is 1. The van der Waals surface area contributed by atoms with E-state index >= 15 is 0 Å². The number of carbonyl (C=O) groups excluding carboxylic acids is 1. The zero-order valence-electron chi connectivity index (χ0n) is 16.6. The Balaban J connectivity index is 1.61. The van der Waals surface area contributed by atoms with Crippen molar-refractivity contribution in [2.45, 2.75) is 52.9 Å². The van der Waals surface area contributed by atoms with E-state index in [0.717, 1.165) is 34.7 Å². The Bertz CT molecular complexity index is 930. The van der Waals surface area contributed by atoms with Gasteiger partial charge in [0.1, 0.15) is 0 Å². The Hall–Kier alpha value is -2.69. The van der Waals surface area contributed by atoms with E-state index in [1.54, 1.807) is 0 Å². The molecule has 2 heterocycles. The van der Waals surface area contributed by atoms with E-state index in [1.807, 2.05) is 49.6 Å². The Kier molecular flexibility index (Phi) is 5.89. The Morgan fingerprint density at radius 1 is 1.19 bits per heavy atom. The molecule has 3 aromatic rings. The van der Waals surface area contributed by atoms with Gasteiger partial charge in [-0.05, 0) is 44.7 Å². The highest BCUT2D eigenvalue weighted by Crippen LogP contribution is 2.19. The van der Waals surface area contributed by atoms with Crippen LogP contribution in [0.5, 0.6) is 0 Å². The minimum atomic E-state index is 0.0833. The second-order valence-corrected chi connectivity index (χ2v) is 7.14. The van der Waals surface area contributed by atoms with Crippen molar-refractivity contribution in [1.29, 1.82) is 0 Å². The fourth-order valence-corrected chi connectivity index (χ4v) is 3.59. The van der Waals surface area contributed by atoms with Gasteiger partial charge in [-0.3, -0.25) is 4.79 Å². The lowest BCUT2D eigenvalue weighted by atomic mass is 9.96. The Morgan fingerprint density at radius 3 is 2.63 bits per heavy atom. The minimum absolute atomic E-state index is 0.0833. The molecule has 5 heteroatoms. The number of nitrogens with zero attached hydrogens (tertiary/aromatic N) is 3. The normalized spacial score (nSPS) is 12.3. The van der Waals surface area contributed by atoms with Crippen LogP contribution in [0.25, 0.3) is 5.65 Å². The molecule has 3 rings (SSSR count). The highest BCUT2D eigenvalue weighted by molar-refractivity contribution is 5.76. The zero-order chi connectivity index (χ0) is 19.4. The standard InChI is InChI=1S/C22H28N4O/c1-5-18(19-9-7-6-8-10-19)14-23-22(27)12-11-20-16(3)24-21-13-15(2)25-26(21)17(20)4/h6-10,13,18H,5,11-12,14H2,1-4H3,(H,23,27)/t18-/m0/s1. The zero-order valence-corrected chi connectivity index (χ0v) is 16.6. The highest BCUT2D eigenvalue weighted by atomic mass is 16.1. The summed E-state index contributed by atoms with van der Waals surface area (Å²) in [7, 11) is 0. The van der Waals surface area contributed by atoms with Gasteiger partial charge < -0.3 is 5.32 Å². The predicted octanol–water partition coefficient (Wildman–Crippen LogP) is 3.90. The maximum absolute atomic E-state index is 12.4. The number of aromatic nitrogens is 3. The fourth-order valence-electron chi connectivity index (χ4n) is 3.59. The summed E-state index contributed by atoms with van der Waals surface area (Å²) < 4.78 is 1.87. The van der Waals surface area contributed by atoms with Crippen LogP contribution >= 0.6 is 0 Å². The third kappa shape index (κ3) is 4.35. The van der Waals surface area contributed by atoms with Crippen LogP contribution in [0.1, 0.15) is 53.9 Å². The van der Waals surface area contributed by atoms with Gasteiger partial charge >= 0.3 is 0 Å². The summed E-state index contributed by atoms with van der Waals surface area (Å²) in [5.41, 5.74) is 6.24. The van der Waals surface area contributed by atoms with Crippen molar-refractivity contribution in [3.8, 4) is 0 Å². The molecule has 142 valence electrons. The molecule has 5 nitrogen and oxygen atoms in total. The molecule has 0 saturated heterocycles. The summed E-state index contributed by atoms with van der Waals surface area (Å²) in [5.74, 6) is 0.434. The van der Waals surface area contributed by atoms with Crippen LogP contribution in [0.15, 0.2) is 36.4 Å². The van der Waals surface area contributed by atoms with Crippen LogP contribution in [-0.4, -0.2) is 27.0 Å². The molecule has 0 aliphatic carbocycles. The van der Waals surface area contributed by atoms with E-state index in [1.165, 1.54) is 5.56 Å². The molecule has 1 atom stereocenters. The third-order valence-corrected chi connectivity index (χ3v) is 5.20. The molecule has 0 unspecified atom stereocenters. The van der Waals surface area contributed by atoms with Crippen molar-refractivity contribution in [2.24, 2.45) is 0 Å². The van der Waals surface area contributed by atoms with Crippen molar-refractivity contribution in [1.82, 2.24) is 19.9 Å². The first-order chi connectivity index (χ1) is 13.0. The van der Waals surface area contributed by atoms with Gasteiger partial charge in [0.05, 0.1) is 5.69 Å². The molecule has 0 fully saturated rings. The molecular formula is C22H28N4O. The third-order valence-electron chi connectivity index (χ3n) is 5.20. The molecule has 1 N–H and O–H groups in total. The van der Waals surface area contributed by atoms with Crippen LogP contribution in [0.3, 0.4) is 0 Å². The monoisotopic (exact) mass is 364 g/mol. The van der Waals surface area contributed by atoms with Gasteiger partial charge in [0.15, 0.2) is 5.65 Å². The lowest BCUT2D eigenvalue weighted by Gasteiger charge is -2.16. The first kappa shape index (κ1) is 19.1. The summed E-state index contributed by atoms with van der Waals surface area (Å²) in [4.78, 5) is 17.0. The van der Waals surface area contributed by atoms with Crippen LogP contribution < -0.4 is 5.32 Å². The average Bonchev–Trinajstić information content (AvgIpc) is 3.03. The minimum Gasteiger partial charge on any atom is -0.355 e. The Labute approximate surface area is 160 Å². The lowest BCUT2D eigenvalue weighted by molar-refractivity contribution is -0.121. The molecule has 0 spiro atoms. The molecule has 1 aromatic carbocycles. The fraction of sp³-hybridized carbons (Fsp3) is 0.409. The van der Waals surface area contributed by atoms with Gasteiger partial charge in [0.2, 0.25) is 5.91 Å². The largest absolute Gasteiger partial charge is 0.355 e. The van der Waals surface area contributed by atoms with Crippen molar-refractivity contribution >= 4 is 11.6 Å². The number of nitrogens with one attached hydrogen (secondary N) is 1. The molecule has 2 aromatic heterocycles. The number of hydrogen-bond acceptors (Lipinski definition) is 3. The average molecular weight is 364 g/mol. The molecule has 27 heavy (non-hydrogen) atoms. The van der Waals surface area contributed by atoms with Crippen molar-refractivity contribution < 1.29 is 4.79 Å². The van der Waals surface area contributed by atoms with Gasteiger partial charge in [-0.15, -0.1) is 0 Å². The SMILES string of the molecule is CC[C@@H](CNC(=O)CCc1c(C)nc2cc(C)nn2c1C)c1ccccc1. The second kappa shape index (κ2) is 8.33. The van der Waals surface area contributed by atoms with Gasteiger partial charge in [-0.2, -0.15) is 5.10 Å². The number of hydrogen-bond donors (Lipinski definition) is 1. The molecule has 0 bridgehead atoms. The van der Waals surface area contributed by atoms with E-state index in [2.05, 4.69) is 34.5 Å². The highest BCUT2D eigenvalue weighted by Gasteiger charge is 2.14. The summed E-state index contributed by atoms with van der Waals surface area (Å²) in [6.45, 7) is 8.85. The number of benzene rings is 1. The quantitative estimate of drug-likeness (QED) is 0.692. The summed E-state index contributed by atoms with van der Waals surface area (Å²) in [6, 6.07) is 12.3. The summed E-state index contributed by atoms with van der Waals surface area (Å²) in [6.07, 6.45) is 2.13. The molecule has 0 aliphatic rings. The topological polar surface area (TPSA) is 59.3 Å². The van der Waals surface area contributed by atoms with Crippen LogP contribution in [0, 0.1) is 20.8 Å². The molecule has 0 aliphatic heterocycles. The summed E-state index contributed by atoms with van der Waals surface area (Å²) in [5, 5.41) is 7.60. The van der Waals surface area contributed by atoms with Gasteiger partial charge in [-0.25, -0.2) is 9.50 Å². The molecule has 0 saturated carbocycles. The molecule has 0 radical (unpaired) electrons.